The van der Waals surface area contributed by atoms with Gasteiger partial charge in [-0.15, -0.1) is 10.2 Å². The van der Waals surface area contributed by atoms with Gasteiger partial charge in [-0.1, -0.05) is 53.8 Å². The van der Waals surface area contributed by atoms with Gasteiger partial charge in [-0.05, 0) is 70.8 Å². The lowest BCUT2D eigenvalue weighted by molar-refractivity contribution is 0.102. The van der Waals surface area contributed by atoms with Crippen LogP contribution in [0.1, 0.15) is 15.4 Å². The topological polar surface area (TPSA) is 95.3 Å². The van der Waals surface area contributed by atoms with Crippen molar-refractivity contribution in [2.75, 3.05) is 5.32 Å². The summed E-state index contributed by atoms with van der Waals surface area (Å²) in [5, 5.41) is 34.1. The van der Waals surface area contributed by atoms with E-state index in [1.807, 2.05) is 43.3 Å². The second-order valence-corrected chi connectivity index (χ2v) is 8.79. The van der Waals surface area contributed by atoms with Gasteiger partial charge in [-0.2, -0.15) is 0 Å². The number of carbonyl (C=O) groups excluding carboxylic acids is 1. The number of hydrogen-bond donors (Lipinski definition) is 3. The Morgan fingerprint density at radius 3 is 2.42 bits per heavy atom. The molecule has 1 amide bonds. The fourth-order valence-corrected chi connectivity index (χ4v) is 4.41. The average molecular weight is 454 g/mol. The van der Waals surface area contributed by atoms with Gasteiger partial charge in [0.05, 0.1) is 0 Å². The number of rotatable bonds is 4. The minimum absolute atomic E-state index is 0.130. The zero-order chi connectivity index (χ0) is 22.9. The lowest BCUT2D eigenvalue weighted by Crippen LogP contribution is -2.11. The van der Waals surface area contributed by atoms with Crippen LogP contribution in [0.25, 0.3) is 33.0 Å². The number of anilines is 1. The highest BCUT2D eigenvalue weighted by Gasteiger charge is 2.14. The largest absolute Gasteiger partial charge is 0.508 e. The van der Waals surface area contributed by atoms with Gasteiger partial charge in [-0.3, -0.25) is 10.1 Å². The van der Waals surface area contributed by atoms with Crippen molar-refractivity contribution in [3.8, 4) is 33.8 Å². The maximum absolute atomic E-state index is 12.7. The first-order valence-corrected chi connectivity index (χ1v) is 11.1. The van der Waals surface area contributed by atoms with E-state index in [2.05, 4.69) is 15.5 Å². The van der Waals surface area contributed by atoms with Crippen LogP contribution in [-0.4, -0.2) is 26.3 Å². The van der Waals surface area contributed by atoms with Crippen molar-refractivity contribution in [1.29, 1.82) is 0 Å². The molecule has 0 atom stereocenters. The molecule has 0 saturated heterocycles. The van der Waals surface area contributed by atoms with Crippen molar-refractivity contribution in [2.45, 2.75) is 6.92 Å². The molecule has 1 heterocycles. The number of aromatic hydroxyl groups is 2. The minimum Gasteiger partial charge on any atom is -0.508 e. The molecule has 4 aromatic carbocycles. The first-order chi connectivity index (χ1) is 16.0. The molecule has 0 saturated carbocycles. The van der Waals surface area contributed by atoms with E-state index in [4.69, 9.17) is 0 Å². The molecule has 7 heteroatoms. The highest BCUT2D eigenvalue weighted by atomic mass is 32.1. The molecule has 5 rings (SSSR count). The van der Waals surface area contributed by atoms with E-state index in [0.29, 0.717) is 16.3 Å². The Bertz CT molecular complexity index is 1510. The van der Waals surface area contributed by atoms with Crippen molar-refractivity contribution < 1.29 is 15.0 Å². The number of fused-ring (bicyclic) bond motifs is 1. The third-order valence-electron chi connectivity index (χ3n) is 5.34. The van der Waals surface area contributed by atoms with E-state index in [1.165, 1.54) is 11.3 Å². The second kappa shape index (κ2) is 8.37. The summed E-state index contributed by atoms with van der Waals surface area (Å²) in [6.45, 7) is 1.82. The first-order valence-electron chi connectivity index (χ1n) is 10.2. The first kappa shape index (κ1) is 20.7. The summed E-state index contributed by atoms with van der Waals surface area (Å²) in [4.78, 5) is 12.7. The molecule has 0 radical (unpaired) electrons. The van der Waals surface area contributed by atoms with Crippen LogP contribution < -0.4 is 5.32 Å². The van der Waals surface area contributed by atoms with Crippen molar-refractivity contribution in [1.82, 2.24) is 10.2 Å². The summed E-state index contributed by atoms with van der Waals surface area (Å²) < 4.78 is 0. The number of benzene rings is 4. The van der Waals surface area contributed by atoms with Crippen LogP contribution in [0.3, 0.4) is 0 Å². The Morgan fingerprint density at radius 1 is 0.848 bits per heavy atom. The number of phenolic OH excluding ortho intramolecular Hbond substituents is 2. The number of carbonyl (C=O) groups is 1. The predicted molar refractivity (Wildman–Crippen MR) is 131 cm³/mol. The smallest absolute Gasteiger partial charge is 0.257 e. The number of nitrogens with one attached hydrogen (secondary N) is 1. The van der Waals surface area contributed by atoms with Crippen molar-refractivity contribution in [2.24, 2.45) is 0 Å². The summed E-state index contributed by atoms with van der Waals surface area (Å²) in [7, 11) is 0. The van der Waals surface area contributed by atoms with Crippen LogP contribution in [0.4, 0.5) is 5.13 Å². The number of nitrogens with zero attached hydrogens (tertiary/aromatic N) is 2. The summed E-state index contributed by atoms with van der Waals surface area (Å²) >= 11 is 1.31. The fraction of sp³-hybridized carbons (Fsp3) is 0.0385. The molecule has 6 nitrogen and oxygen atoms in total. The number of hydrogen-bond acceptors (Lipinski definition) is 6. The number of phenols is 2. The number of amides is 1. The molecular weight excluding hydrogens is 434 g/mol. The van der Waals surface area contributed by atoms with Crippen LogP contribution in [0.5, 0.6) is 11.5 Å². The quantitative estimate of drug-likeness (QED) is 0.310. The molecular formula is C26H19N3O3S. The van der Waals surface area contributed by atoms with Crippen molar-refractivity contribution >= 4 is 33.1 Å². The third-order valence-corrected chi connectivity index (χ3v) is 6.09. The summed E-state index contributed by atoms with van der Waals surface area (Å²) in [5.74, 6) is 0.0431. The molecule has 162 valence electrons. The molecule has 3 N–H and O–H groups in total. The minimum atomic E-state index is -0.293. The molecule has 0 aliphatic carbocycles. The Labute approximate surface area is 193 Å². The molecule has 1 aromatic heterocycles. The fourth-order valence-electron chi connectivity index (χ4n) is 3.82. The Morgan fingerprint density at radius 2 is 1.64 bits per heavy atom. The standard InChI is InChI=1S/C26H19N3O3S/c1-15-28-29-26(33-15)27-25(32)20-6-2-5-19(13-20)24-22-10-8-17(12-18(22)9-11-23(24)31)16-4-3-7-21(30)14-16/h2-14,30-31H,1H3,(H,27,29,32). The number of aromatic nitrogens is 2. The molecule has 0 bridgehead atoms. The monoisotopic (exact) mass is 453 g/mol. The average Bonchev–Trinajstić information content (AvgIpc) is 3.23. The lowest BCUT2D eigenvalue weighted by atomic mass is 9.93. The van der Waals surface area contributed by atoms with Crippen LogP contribution in [-0.2, 0) is 0 Å². The van der Waals surface area contributed by atoms with Crippen LogP contribution in [0, 0.1) is 6.92 Å². The molecule has 33 heavy (non-hydrogen) atoms. The molecule has 0 aliphatic heterocycles. The third kappa shape index (κ3) is 4.14. The van der Waals surface area contributed by atoms with Gasteiger partial charge in [0.1, 0.15) is 16.5 Å². The Balaban J connectivity index is 1.54. The van der Waals surface area contributed by atoms with Gasteiger partial charge in [0.15, 0.2) is 0 Å². The zero-order valence-electron chi connectivity index (χ0n) is 17.6. The summed E-state index contributed by atoms with van der Waals surface area (Å²) in [6.07, 6.45) is 0. The summed E-state index contributed by atoms with van der Waals surface area (Å²) in [5.41, 5.74) is 3.68. The van der Waals surface area contributed by atoms with E-state index in [1.54, 1.807) is 42.5 Å². The van der Waals surface area contributed by atoms with E-state index >= 15 is 0 Å². The maximum Gasteiger partial charge on any atom is 0.257 e. The normalized spacial score (nSPS) is 10.9. The van der Waals surface area contributed by atoms with Crippen molar-refractivity contribution in [3.05, 3.63) is 89.4 Å². The second-order valence-electron chi connectivity index (χ2n) is 7.61. The maximum atomic E-state index is 12.7. The van der Waals surface area contributed by atoms with Crippen LogP contribution in [0.2, 0.25) is 0 Å². The SMILES string of the molecule is Cc1nnc(NC(=O)c2cccc(-c3c(O)ccc4cc(-c5cccc(O)c5)ccc34)c2)s1. The highest BCUT2D eigenvalue weighted by molar-refractivity contribution is 7.15. The van der Waals surface area contributed by atoms with Gasteiger partial charge in [0.2, 0.25) is 5.13 Å². The predicted octanol–water partition coefficient (Wildman–Crippen LogP) is 6.00. The van der Waals surface area contributed by atoms with Crippen molar-refractivity contribution in [3.63, 3.8) is 0 Å². The zero-order valence-corrected chi connectivity index (χ0v) is 18.4. The van der Waals surface area contributed by atoms with Gasteiger partial charge in [0.25, 0.3) is 5.91 Å². The van der Waals surface area contributed by atoms with E-state index in [-0.39, 0.29) is 17.4 Å². The van der Waals surface area contributed by atoms with Crippen LogP contribution in [0.15, 0.2) is 78.9 Å². The van der Waals surface area contributed by atoms with Gasteiger partial charge in [-0.25, -0.2) is 0 Å². The van der Waals surface area contributed by atoms with E-state index < -0.39 is 0 Å². The molecule has 0 aliphatic rings. The van der Waals surface area contributed by atoms with Crippen LogP contribution >= 0.6 is 11.3 Å². The summed E-state index contributed by atoms with van der Waals surface area (Å²) in [6, 6.07) is 23.6. The molecule has 0 fully saturated rings. The Kier molecular flexibility index (Phi) is 5.24. The van der Waals surface area contributed by atoms with E-state index in [0.717, 1.165) is 32.5 Å². The molecule has 0 spiro atoms. The Hall–Kier alpha value is -4.23. The van der Waals surface area contributed by atoms with Gasteiger partial charge < -0.3 is 10.2 Å². The highest BCUT2D eigenvalue weighted by Crippen LogP contribution is 2.38. The molecule has 5 aromatic rings. The molecule has 0 unspecified atom stereocenters. The number of aryl methyl sites for hydroxylation is 1. The van der Waals surface area contributed by atoms with E-state index in [9.17, 15) is 15.0 Å². The van der Waals surface area contributed by atoms with Gasteiger partial charge >= 0.3 is 0 Å². The van der Waals surface area contributed by atoms with Gasteiger partial charge in [0, 0.05) is 11.1 Å². The lowest BCUT2D eigenvalue weighted by Gasteiger charge is -2.12.